The van der Waals surface area contributed by atoms with Gasteiger partial charge in [0.2, 0.25) is 11.8 Å². The lowest BCUT2D eigenvalue weighted by atomic mass is 10.0. The summed E-state index contributed by atoms with van der Waals surface area (Å²) >= 11 is 0. The molecule has 0 aliphatic carbocycles. The normalized spacial score (nSPS) is 18.2. The van der Waals surface area contributed by atoms with E-state index in [0.29, 0.717) is 25.8 Å². The third-order valence-electron chi connectivity index (χ3n) is 3.50. The molecule has 1 unspecified atom stereocenters. The van der Waals surface area contributed by atoms with Crippen LogP contribution in [0.3, 0.4) is 0 Å². The number of nitrogens with zero attached hydrogens (tertiary/aromatic N) is 1. The molecule has 0 bridgehead atoms. The van der Waals surface area contributed by atoms with Crippen molar-refractivity contribution in [1.82, 2.24) is 10.2 Å². The quantitative estimate of drug-likeness (QED) is 0.730. The molecule has 1 rings (SSSR count). The smallest absolute Gasteiger partial charge is 0.326 e. The Morgan fingerprint density at radius 3 is 2.45 bits per heavy atom. The molecule has 6 nitrogen and oxygen atoms in total. The van der Waals surface area contributed by atoms with E-state index in [4.69, 9.17) is 5.11 Å². The Morgan fingerprint density at radius 2 is 2.05 bits per heavy atom. The Labute approximate surface area is 119 Å². The Balaban J connectivity index is 2.70. The van der Waals surface area contributed by atoms with Gasteiger partial charge in [-0.2, -0.15) is 0 Å². The van der Waals surface area contributed by atoms with Crippen LogP contribution in [0.25, 0.3) is 0 Å². The molecule has 114 valence electrons. The summed E-state index contributed by atoms with van der Waals surface area (Å²) in [7, 11) is 0. The molecule has 1 aliphatic heterocycles. The third-order valence-corrected chi connectivity index (χ3v) is 3.50. The maximum Gasteiger partial charge on any atom is 0.326 e. The van der Waals surface area contributed by atoms with E-state index >= 15 is 0 Å². The maximum atomic E-state index is 12.2. The first-order valence-corrected chi connectivity index (χ1v) is 7.19. The lowest BCUT2D eigenvalue weighted by molar-refractivity contribution is -0.144. The maximum absolute atomic E-state index is 12.2. The predicted octanol–water partition coefficient (Wildman–Crippen LogP) is 1.00. The second-order valence-corrected chi connectivity index (χ2v) is 5.64. The molecule has 20 heavy (non-hydrogen) atoms. The molecule has 2 N–H and O–H groups in total. The summed E-state index contributed by atoms with van der Waals surface area (Å²) in [6, 6.07) is -1.45. The molecule has 1 aliphatic rings. The van der Waals surface area contributed by atoms with E-state index in [0.717, 1.165) is 6.42 Å². The Morgan fingerprint density at radius 1 is 1.40 bits per heavy atom. The third kappa shape index (κ3) is 4.21. The van der Waals surface area contributed by atoms with Gasteiger partial charge in [0.15, 0.2) is 0 Å². The zero-order valence-corrected chi connectivity index (χ0v) is 12.4. The standard InChI is InChI=1S/C14H24N2O4/c1-4-11(16-7-5-6-12(16)17)13(18)15-10(14(19)20)8-9(2)3/h9-11H,4-8H2,1-3H3,(H,15,18)(H,19,20)/t10-,11?/m1/s1. The summed E-state index contributed by atoms with van der Waals surface area (Å²) in [4.78, 5) is 36.7. The number of amides is 2. The Bertz CT molecular complexity index is 381. The van der Waals surface area contributed by atoms with Gasteiger partial charge in [0.1, 0.15) is 12.1 Å². The van der Waals surface area contributed by atoms with Crippen LogP contribution in [0.1, 0.15) is 46.5 Å². The fourth-order valence-electron chi connectivity index (χ4n) is 2.51. The molecule has 0 aromatic heterocycles. The number of carbonyl (C=O) groups is 3. The van der Waals surface area contributed by atoms with Crippen LogP contribution in [-0.4, -0.2) is 46.4 Å². The average Bonchev–Trinajstić information content (AvgIpc) is 2.75. The van der Waals surface area contributed by atoms with Gasteiger partial charge in [-0.25, -0.2) is 4.79 Å². The first kappa shape index (κ1) is 16.5. The number of hydrogen-bond donors (Lipinski definition) is 2. The van der Waals surface area contributed by atoms with Crippen LogP contribution in [0.2, 0.25) is 0 Å². The van der Waals surface area contributed by atoms with Gasteiger partial charge in [0.25, 0.3) is 0 Å². The molecule has 2 atom stereocenters. The van der Waals surface area contributed by atoms with Crippen molar-refractivity contribution in [3.63, 3.8) is 0 Å². The molecular formula is C14H24N2O4. The lowest BCUT2D eigenvalue weighted by Crippen LogP contribution is -2.52. The van der Waals surface area contributed by atoms with E-state index < -0.39 is 18.1 Å². The summed E-state index contributed by atoms with van der Waals surface area (Å²) in [5.74, 6) is -1.25. The molecular weight excluding hydrogens is 260 g/mol. The number of rotatable bonds is 7. The van der Waals surface area contributed by atoms with Crippen LogP contribution in [0.15, 0.2) is 0 Å². The minimum atomic E-state index is -1.03. The van der Waals surface area contributed by atoms with Crippen molar-refractivity contribution in [3.8, 4) is 0 Å². The zero-order chi connectivity index (χ0) is 15.3. The molecule has 6 heteroatoms. The highest BCUT2D eigenvalue weighted by Gasteiger charge is 2.33. The number of likely N-dealkylation sites (tertiary alicyclic amines) is 1. The molecule has 2 amide bonds. The zero-order valence-electron chi connectivity index (χ0n) is 12.4. The topological polar surface area (TPSA) is 86.7 Å². The first-order chi connectivity index (χ1) is 9.36. The van der Waals surface area contributed by atoms with Crippen LogP contribution in [0.4, 0.5) is 0 Å². The summed E-state index contributed by atoms with van der Waals surface area (Å²) in [5, 5.41) is 11.7. The summed E-state index contributed by atoms with van der Waals surface area (Å²) in [5.41, 5.74) is 0. The fourth-order valence-corrected chi connectivity index (χ4v) is 2.51. The highest BCUT2D eigenvalue weighted by Crippen LogP contribution is 2.16. The van der Waals surface area contributed by atoms with Gasteiger partial charge in [-0.3, -0.25) is 9.59 Å². The molecule has 0 saturated carbocycles. The van der Waals surface area contributed by atoms with E-state index in [9.17, 15) is 14.4 Å². The largest absolute Gasteiger partial charge is 0.480 e. The highest BCUT2D eigenvalue weighted by atomic mass is 16.4. The molecule has 0 spiro atoms. The van der Waals surface area contributed by atoms with E-state index in [1.807, 2.05) is 20.8 Å². The summed E-state index contributed by atoms with van der Waals surface area (Å²) in [6.07, 6.45) is 2.10. The van der Waals surface area contributed by atoms with Crippen LogP contribution in [-0.2, 0) is 14.4 Å². The number of carboxylic acid groups (broad SMARTS) is 1. The van der Waals surface area contributed by atoms with E-state index in [1.165, 1.54) is 0 Å². The molecule has 1 fully saturated rings. The van der Waals surface area contributed by atoms with Gasteiger partial charge in [0.05, 0.1) is 0 Å². The fraction of sp³-hybridized carbons (Fsp3) is 0.786. The van der Waals surface area contributed by atoms with Crippen LogP contribution >= 0.6 is 0 Å². The van der Waals surface area contributed by atoms with Crippen molar-refractivity contribution >= 4 is 17.8 Å². The lowest BCUT2D eigenvalue weighted by Gasteiger charge is -2.27. The number of carboxylic acids is 1. The van der Waals surface area contributed by atoms with Crippen molar-refractivity contribution in [3.05, 3.63) is 0 Å². The first-order valence-electron chi connectivity index (χ1n) is 7.19. The van der Waals surface area contributed by atoms with Gasteiger partial charge >= 0.3 is 5.97 Å². The van der Waals surface area contributed by atoms with Gasteiger partial charge in [0, 0.05) is 13.0 Å². The van der Waals surface area contributed by atoms with Crippen LogP contribution in [0.5, 0.6) is 0 Å². The van der Waals surface area contributed by atoms with Gasteiger partial charge in [-0.15, -0.1) is 0 Å². The predicted molar refractivity (Wildman–Crippen MR) is 74.0 cm³/mol. The number of aliphatic carboxylic acids is 1. The van der Waals surface area contributed by atoms with E-state index in [-0.39, 0.29) is 17.7 Å². The summed E-state index contributed by atoms with van der Waals surface area (Å²) < 4.78 is 0. The summed E-state index contributed by atoms with van der Waals surface area (Å²) in [6.45, 7) is 6.22. The number of nitrogens with one attached hydrogen (secondary N) is 1. The SMILES string of the molecule is CCC(C(=O)N[C@H](CC(C)C)C(=O)O)N1CCCC1=O. The van der Waals surface area contributed by atoms with Crippen molar-refractivity contribution in [1.29, 1.82) is 0 Å². The van der Waals surface area contributed by atoms with Gasteiger partial charge in [-0.1, -0.05) is 20.8 Å². The second kappa shape index (κ2) is 7.26. The van der Waals surface area contributed by atoms with Crippen molar-refractivity contribution in [2.24, 2.45) is 5.92 Å². The monoisotopic (exact) mass is 284 g/mol. The molecule has 0 aromatic rings. The molecule has 0 radical (unpaired) electrons. The van der Waals surface area contributed by atoms with Crippen LogP contribution in [0, 0.1) is 5.92 Å². The minimum Gasteiger partial charge on any atom is -0.480 e. The Hall–Kier alpha value is -1.59. The van der Waals surface area contributed by atoms with Crippen molar-refractivity contribution in [2.45, 2.75) is 58.5 Å². The average molecular weight is 284 g/mol. The highest BCUT2D eigenvalue weighted by molar-refractivity contribution is 5.91. The minimum absolute atomic E-state index is 0.0252. The molecule has 0 aromatic carbocycles. The Kier molecular flexibility index (Phi) is 5.98. The second-order valence-electron chi connectivity index (χ2n) is 5.64. The number of carbonyl (C=O) groups excluding carboxylic acids is 2. The van der Waals surface area contributed by atoms with E-state index in [2.05, 4.69) is 5.32 Å². The van der Waals surface area contributed by atoms with E-state index in [1.54, 1.807) is 4.90 Å². The van der Waals surface area contributed by atoms with Gasteiger partial charge in [-0.05, 0) is 25.2 Å². The number of hydrogen-bond acceptors (Lipinski definition) is 3. The van der Waals surface area contributed by atoms with Crippen molar-refractivity contribution in [2.75, 3.05) is 6.54 Å². The van der Waals surface area contributed by atoms with Gasteiger partial charge < -0.3 is 15.3 Å². The molecule has 1 saturated heterocycles. The van der Waals surface area contributed by atoms with Crippen molar-refractivity contribution < 1.29 is 19.5 Å². The molecule has 1 heterocycles. The van der Waals surface area contributed by atoms with Crippen LogP contribution < -0.4 is 5.32 Å².